The maximum absolute atomic E-state index is 12.8. The van der Waals surface area contributed by atoms with Crippen molar-refractivity contribution in [2.45, 2.75) is 0 Å². The molecule has 0 saturated carbocycles. The van der Waals surface area contributed by atoms with E-state index < -0.39 is 0 Å². The highest BCUT2D eigenvalue weighted by molar-refractivity contribution is 6.14. The zero-order valence-corrected chi connectivity index (χ0v) is 12.3. The number of nitrogens with zero attached hydrogens (tertiary/aromatic N) is 1. The maximum atomic E-state index is 12.8. The van der Waals surface area contributed by atoms with Gasteiger partial charge < -0.3 is 4.74 Å². The largest absolute Gasteiger partial charge is 0.423 e. The monoisotopic (exact) mass is 299 g/mol. The van der Waals surface area contributed by atoms with Crippen LogP contribution in [0.3, 0.4) is 0 Å². The molecule has 23 heavy (non-hydrogen) atoms. The molecule has 0 aliphatic heterocycles. The predicted octanol–water partition coefficient (Wildman–Crippen LogP) is 4.61. The number of hydrogen-bond acceptors (Lipinski definition) is 3. The van der Waals surface area contributed by atoms with E-state index in [0.29, 0.717) is 11.3 Å². The molecule has 0 aliphatic carbocycles. The van der Waals surface area contributed by atoms with Crippen molar-refractivity contribution < 1.29 is 9.53 Å². The third-order valence-electron chi connectivity index (χ3n) is 3.75. The zero-order chi connectivity index (χ0) is 15.6. The van der Waals surface area contributed by atoms with Crippen LogP contribution in [0.5, 0.6) is 5.75 Å². The van der Waals surface area contributed by atoms with E-state index in [1.807, 2.05) is 66.7 Å². The second kappa shape index (κ2) is 5.54. The van der Waals surface area contributed by atoms with Crippen LogP contribution in [0.2, 0.25) is 0 Å². The lowest BCUT2D eigenvalue weighted by Crippen LogP contribution is -2.10. The molecule has 0 saturated heterocycles. The summed E-state index contributed by atoms with van der Waals surface area (Å²) < 4.78 is 5.55. The van der Waals surface area contributed by atoms with E-state index in [2.05, 4.69) is 4.98 Å². The number of esters is 1. The number of fused-ring (bicyclic) bond motifs is 2. The molecule has 0 spiro atoms. The van der Waals surface area contributed by atoms with Gasteiger partial charge in [-0.2, -0.15) is 0 Å². The third-order valence-corrected chi connectivity index (χ3v) is 3.75. The van der Waals surface area contributed by atoms with Crippen LogP contribution in [0.1, 0.15) is 10.4 Å². The Hall–Kier alpha value is -3.20. The standard InChI is InChI=1S/C20H13NO2/c22-20(23-14-8-2-1-3-9-14)19-15-10-4-6-12-17(15)21-18-13-7-5-11-16(18)19/h1-13H. The molecule has 1 aromatic heterocycles. The summed E-state index contributed by atoms with van der Waals surface area (Å²) in [5.41, 5.74) is 2.12. The van der Waals surface area contributed by atoms with Gasteiger partial charge in [0.15, 0.2) is 0 Å². The minimum atomic E-state index is -0.369. The molecule has 110 valence electrons. The highest BCUT2D eigenvalue weighted by Crippen LogP contribution is 2.27. The van der Waals surface area contributed by atoms with Gasteiger partial charge in [0.2, 0.25) is 0 Å². The third kappa shape index (κ3) is 2.42. The average Bonchev–Trinajstić information content (AvgIpc) is 2.60. The van der Waals surface area contributed by atoms with Crippen LogP contribution < -0.4 is 4.74 Å². The SMILES string of the molecule is O=C(Oc1ccccc1)c1c2ccccc2nc2ccccc12. The molecule has 0 N–H and O–H groups in total. The molecule has 0 fully saturated rings. The Kier molecular flexibility index (Phi) is 3.24. The van der Waals surface area contributed by atoms with Gasteiger partial charge >= 0.3 is 5.97 Å². The Morgan fingerprint density at radius 1 is 0.696 bits per heavy atom. The Morgan fingerprint density at radius 3 is 1.83 bits per heavy atom. The van der Waals surface area contributed by atoms with Crippen LogP contribution in [0.25, 0.3) is 21.8 Å². The Bertz CT molecular complexity index is 956. The minimum absolute atomic E-state index is 0.369. The van der Waals surface area contributed by atoms with Crippen LogP contribution >= 0.6 is 0 Å². The summed E-state index contributed by atoms with van der Waals surface area (Å²) in [5, 5.41) is 1.60. The molecule has 0 bridgehead atoms. The summed E-state index contributed by atoms with van der Waals surface area (Å²) in [5.74, 6) is 0.161. The van der Waals surface area contributed by atoms with Crippen molar-refractivity contribution in [3.05, 3.63) is 84.4 Å². The van der Waals surface area contributed by atoms with E-state index in [0.717, 1.165) is 21.8 Å². The van der Waals surface area contributed by atoms with Crippen molar-refractivity contribution in [1.29, 1.82) is 0 Å². The fraction of sp³-hybridized carbons (Fsp3) is 0. The van der Waals surface area contributed by atoms with Gasteiger partial charge in [-0.05, 0) is 24.3 Å². The van der Waals surface area contributed by atoms with Gasteiger partial charge in [-0.3, -0.25) is 0 Å². The van der Waals surface area contributed by atoms with Crippen LogP contribution in [0, 0.1) is 0 Å². The molecule has 4 rings (SSSR count). The normalized spacial score (nSPS) is 10.8. The van der Waals surface area contributed by atoms with Crippen molar-refractivity contribution in [3.8, 4) is 5.75 Å². The van der Waals surface area contributed by atoms with Gasteiger partial charge in [-0.25, -0.2) is 9.78 Å². The summed E-state index contributed by atoms with van der Waals surface area (Å²) in [7, 11) is 0. The molecule has 0 unspecified atom stereocenters. The molecule has 3 heteroatoms. The molecule has 3 nitrogen and oxygen atoms in total. The van der Waals surface area contributed by atoms with Crippen molar-refractivity contribution in [2.24, 2.45) is 0 Å². The van der Waals surface area contributed by atoms with Crippen LogP contribution in [0.15, 0.2) is 78.9 Å². The van der Waals surface area contributed by atoms with Crippen molar-refractivity contribution in [2.75, 3.05) is 0 Å². The predicted molar refractivity (Wildman–Crippen MR) is 90.6 cm³/mol. The first-order valence-electron chi connectivity index (χ1n) is 7.37. The van der Waals surface area contributed by atoms with Crippen LogP contribution in [-0.4, -0.2) is 11.0 Å². The maximum Gasteiger partial charge on any atom is 0.344 e. The van der Waals surface area contributed by atoms with Crippen LogP contribution in [0.4, 0.5) is 0 Å². The molecule has 3 aromatic carbocycles. The minimum Gasteiger partial charge on any atom is -0.423 e. The van der Waals surface area contributed by atoms with Crippen molar-refractivity contribution >= 4 is 27.8 Å². The van der Waals surface area contributed by atoms with E-state index in [4.69, 9.17) is 4.74 Å². The number of pyridine rings is 1. The number of para-hydroxylation sites is 3. The van der Waals surface area contributed by atoms with Gasteiger partial charge in [0.05, 0.1) is 16.6 Å². The summed E-state index contributed by atoms with van der Waals surface area (Å²) >= 11 is 0. The second-order valence-corrected chi connectivity index (χ2v) is 5.22. The number of aromatic nitrogens is 1. The topological polar surface area (TPSA) is 39.2 Å². The van der Waals surface area contributed by atoms with Crippen LogP contribution in [-0.2, 0) is 0 Å². The number of rotatable bonds is 2. The quantitative estimate of drug-likeness (QED) is 0.308. The molecular formula is C20H13NO2. The highest BCUT2D eigenvalue weighted by atomic mass is 16.5. The van der Waals surface area contributed by atoms with Gasteiger partial charge in [0, 0.05) is 10.8 Å². The van der Waals surface area contributed by atoms with Crippen molar-refractivity contribution in [3.63, 3.8) is 0 Å². The number of ether oxygens (including phenoxy) is 1. The van der Waals surface area contributed by atoms with Gasteiger partial charge in [0.1, 0.15) is 5.75 Å². The fourth-order valence-electron chi connectivity index (χ4n) is 2.71. The van der Waals surface area contributed by atoms with Gasteiger partial charge in [0.25, 0.3) is 0 Å². The summed E-state index contributed by atoms with van der Waals surface area (Å²) in [6.45, 7) is 0. The summed E-state index contributed by atoms with van der Waals surface area (Å²) in [4.78, 5) is 17.4. The number of benzene rings is 3. The van der Waals surface area contributed by atoms with Gasteiger partial charge in [-0.15, -0.1) is 0 Å². The molecule has 0 atom stereocenters. The summed E-state index contributed by atoms with van der Waals surface area (Å²) in [6, 6.07) is 24.3. The Morgan fingerprint density at radius 2 is 1.22 bits per heavy atom. The number of carbonyl (C=O) groups is 1. The van der Waals surface area contributed by atoms with Gasteiger partial charge in [-0.1, -0.05) is 54.6 Å². The number of hydrogen-bond donors (Lipinski definition) is 0. The van der Waals surface area contributed by atoms with E-state index in [-0.39, 0.29) is 5.97 Å². The number of carbonyl (C=O) groups excluding carboxylic acids is 1. The lowest BCUT2D eigenvalue weighted by Gasteiger charge is -2.10. The Labute approximate surface area is 133 Å². The second-order valence-electron chi connectivity index (χ2n) is 5.22. The first kappa shape index (κ1) is 13.5. The molecule has 0 radical (unpaired) electrons. The van der Waals surface area contributed by atoms with Crippen molar-refractivity contribution in [1.82, 2.24) is 4.98 Å². The molecular weight excluding hydrogens is 286 g/mol. The first-order valence-corrected chi connectivity index (χ1v) is 7.37. The van der Waals surface area contributed by atoms with E-state index >= 15 is 0 Å². The lowest BCUT2D eigenvalue weighted by molar-refractivity contribution is 0.0739. The van der Waals surface area contributed by atoms with E-state index in [1.54, 1.807) is 12.1 Å². The molecule has 0 amide bonds. The average molecular weight is 299 g/mol. The lowest BCUT2D eigenvalue weighted by atomic mass is 10.0. The van der Waals surface area contributed by atoms with E-state index in [1.165, 1.54) is 0 Å². The van der Waals surface area contributed by atoms with E-state index in [9.17, 15) is 4.79 Å². The fourth-order valence-corrected chi connectivity index (χ4v) is 2.71. The zero-order valence-electron chi connectivity index (χ0n) is 12.3. The summed E-state index contributed by atoms with van der Waals surface area (Å²) in [6.07, 6.45) is 0. The molecule has 1 heterocycles. The first-order chi connectivity index (χ1) is 11.3. The Balaban J connectivity index is 1.94. The molecule has 4 aromatic rings. The smallest absolute Gasteiger partial charge is 0.344 e. The molecule has 0 aliphatic rings. The highest BCUT2D eigenvalue weighted by Gasteiger charge is 2.17.